The van der Waals surface area contributed by atoms with Gasteiger partial charge in [-0.05, 0) is 33.0 Å². The van der Waals surface area contributed by atoms with Crippen molar-refractivity contribution in [2.45, 2.75) is 26.4 Å². The predicted molar refractivity (Wildman–Crippen MR) is 76.7 cm³/mol. The third kappa shape index (κ3) is 3.31. The van der Waals surface area contributed by atoms with Crippen LogP contribution in [0.15, 0.2) is 34.7 Å². The van der Waals surface area contributed by atoms with Gasteiger partial charge in [0.05, 0.1) is 6.54 Å². The predicted octanol–water partition coefficient (Wildman–Crippen LogP) is 3.62. The quantitative estimate of drug-likeness (QED) is 0.914. The van der Waals surface area contributed by atoms with Crippen LogP contribution in [0, 0.1) is 12.7 Å². The van der Waals surface area contributed by atoms with Gasteiger partial charge in [0.1, 0.15) is 22.9 Å². The van der Waals surface area contributed by atoms with E-state index in [-0.39, 0.29) is 17.4 Å². The second kappa shape index (κ2) is 6.10. The van der Waals surface area contributed by atoms with Gasteiger partial charge in [0, 0.05) is 11.6 Å². The molecular weight excluding hydrogens is 273 g/mol. The van der Waals surface area contributed by atoms with Crippen LogP contribution in [-0.2, 0) is 6.54 Å². The maximum atomic E-state index is 13.8. The molecule has 4 nitrogen and oxygen atoms in total. The average Bonchev–Trinajstić information content (AvgIpc) is 2.79. The molecule has 0 amide bonds. The van der Waals surface area contributed by atoms with Gasteiger partial charge in [-0.1, -0.05) is 18.2 Å². The van der Waals surface area contributed by atoms with E-state index in [0.29, 0.717) is 23.6 Å². The average molecular weight is 291 g/mol. The summed E-state index contributed by atoms with van der Waals surface area (Å²) in [4.78, 5) is 12.9. The Bertz CT molecular complexity index is 651. The summed E-state index contributed by atoms with van der Waals surface area (Å²) in [5.74, 6) is -0.328. The van der Waals surface area contributed by atoms with E-state index < -0.39 is 5.97 Å². The number of aryl methyl sites for hydroxylation is 1. The Labute approximate surface area is 122 Å². The van der Waals surface area contributed by atoms with Crippen molar-refractivity contribution in [3.63, 3.8) is 0 Å². The molecule has 0 saturated carbocycles. The molecule has 0 saturated heterocycles. The van der Waals surface area contributed by atoms with Gasteiger partial charge in [0.15, 0.2) is 0 Å². The highest BCUT2D eigenvalue weighted by molar-refractivity contribution is 5.88. The van der Waals surface area contributed by atoms with Crippen LogP contribution < -0.4 is 0 Å². The maximum absolute atomic E-state index is 13.8. The second-order valence-electron chi connectivity index (χ2n) is 5.10. The summed E-state index contributed by atoms with van der Waals surface area (Å²) in [7, 11) is 1.84. The monoisotopic (exact) mass is 291 g/mol. The van der Waals surface area contributed by atoms with E-state index in [1.807, 2.05) is 18.9 Å². The van der Waals surface area contributed by atoms with Crippen molar-refractivity contribution in [2.75, 3.05) is 7.05 Å². The Morgan fingerprint density at radius 1 is 1.43 bits per heavy atom. The molecule has 0 aliphatic heterocycles. The van der Waals surface area contributed by atoms with E-state index in [9.17, 15) is 9.18 Å². The lowest BCUT2D eigenvalue weighted by Gasteiger charge is -2.24. The first-order valence-electron chi connectivity index (χ1n) is 6.67. The van der Waals surface area contributed by atoms with Crippen molar-refractivity contribution in [1.29, 1.82) is 0 Å². The molecule has 1 heterocycles. The highest BCUT2D eigenvalue weighted by Gasteiger charge is 2.19. The van der Waals surface area contributed by atoms with Gasteiger partial charge in [-0.2, -0.15) is 0 Å². The van der Waals surface area contributed by atoms with Gasteiger partial charge in [-0.15, -0.1) is 0 Å². The number of rotatable bonds is 5. The van der Waals surface area contributed by atoms with E-state index in [0.717, 1.165) is 0 Å². The Morgan fingerprint density at radius 2 is 2.10 bits per heavy atom. The lowest BCUT2D eigenvalue weighted by molar-refractivity contribution is 0.0695. The molecule has 1 aromatic carbocycles. The topological polar surface area (TPSA) is 53.7 Å². The van der Waals surface area contributed by atoms with Gasteiger partial charge in [-0.3, -0.25) is 4.90 Å². The number of hydrogen-bond donors (Lipinski definition) is 1. The zero-order chi connectivity index (χ0) is 15.6. The van der Waals surface area contributed by atoms with Gasteiger partial charge >= 0.3 is 5.97 Å². The number of halogens is 1. The van der Waals surface area contributed by atoms with Crippen LogP contribution in [0.5, 0.6) is 0 Å². The van der Waals surface area contributed by atoms with Crippen LogP contribution in [-0.4, -0.2) is 23.0 Å². The molecule has 1 atom stereocenters. The highest BCUT2D eigenvalue weighted by atomic mass is 19.1. The Balaban J connectivity index is 2.14. The smallest absolute Gasteiger partial charge is 0.339 e. The minimum absolute atomic E-state index is 0.148. The molecule has 1 N–H and O–H groups in total. The molecule has 1 aromatic heterocycles. The van der Waals surface area contributed by atoms with Gasteiger partial charge in [0.25, 0.3) is 0 Å². The summed E-state index contributed by atoms with van der Waals surface area (Å²) < 4.78 is 19.2. The summed E-state index contributed by atoms with van der Waals surface area (Å²) in [6.45, 7) is 3.92. The molecule has 5 heteroatoms. The molecule has 2 aromatic rings. The van der Waals surface area contributed by atoms with Crippen molar-refractivity contribution in [2.24, 2.45) is 0 Å². The fourth-order valence-electron chi connectivity index (χ4n) is 2.27. The fourth-order valence-corrected chi connectivity index (χ4v) is 2.27. The minimum atomic E-state index is -1.01. The summed E-state index contributed by atoms with van der Waals surface area (Å²) in [6, 6.07) is 7.99. The van der Waals surface area contributed by atoms with Crippen molar-refractivity contribution in [3.05, 3.63) is 58.8 Å². The number of benzene rings is 1. The molecule has 1 unspecified atom stereocenters. The normalized spacial score (nSPS) is 12.6. The Morgan fingerprint density at radius 3 is 2.67 bits per heavy atom. The van der Waals surface area contributed by atoms with Crippen LogP contribution in [0.4, 0.5) is 4.39 Å². The molecule has 0 aliphatic rings. The standard InChI is InChI=1S/C16H18FNO3/c1-10(13-6-4-5-7-15(13)17)18(3)9-12-8-14(16(19)20)11(2)21-12/h4-8,10H,9H2,1-3H3,(H,19,20). The number of nitrogens with zero attached hydrogens (tertiary/aromatic N) is 1. The first-order valence-corrected chi connectivity index (χ1v) is 6.67. The largest absolute Gasteiger partial charge is 0.478 e. The number of hydrogen-bond acceptors (Lipinski definition) is 3. The summed E-state index contributed by atoms with van der Waals surface area (Å²) in [5, 5.41) is 9.01. The van der Waals surface area contributed by atoms with Crippen LogP contribution in [0.1, 0.15) is 40.4 Å². The van der Waals surface area contributed by atoms with Crippen LogP contribution in [0.25, 0.3) is 0 Å². The van der Waals surface area contributed by atoms with Crippen LogP contribution >= 0.6 is 0 Å². The first kappa shape index (κ1) is 15.3. The van der Waals surface area contributed by atoms with E-state index in [2.05, 4.69) is 0 Å². The number of carbonyl (C=O) groups is 1. The first-order chi connectivity index (χ1) is 9.90. The zero-order valence-electron chi connectivity index (χ0n) is 12.3. The molecule has 112 valence electrons. The molecule has 0 bridgehead atoms. The van der Waals surface area contributed by atoms with Crippen LogP contribution in [0.2, 0.25) is 0 Å². The van der Waals surface area contributed by atoms with E-state index >= 15 is 0 Å². The molecule has 0 aliphatic carbocycles. The molecule has 2 rings (SSSR count). The molecular formula is C16H18FNO3. The Kier molecular flexibility index (Phi) is 4.43. The highest BCUT2D eigenvalue weighted by Crippen LogP contribution is 2.24. The molecule has 0 radical (unpaired) electrons. The third-order valence-corrected chi connectivity index (χ3v) is 3.62. The maximum Gasteiger partial charge on any atom is 0.339 e. The van der Waals surface area contributed by atoms with Crippen molar-refractivity contribution in [1.82, 2.24) is 4.90 Å². The number of aromatic carboxylic acids is 1. The van der Waals surface area contributed by atoms with Gasteiger partial charge < -0.3 is 9.52 Å². The van der Waals surface area contributed by atoms with Crippen molar-refractivity contribution < 1.29 is 18.7 Å². The number of carboxylic acid groups (broad SMARTS) is 1. The number of furan rings is 1. The Hall–Kier alpha value is -2.14. The third-order valence-electron chi connectivity index (χ3n) is 3.62. The minimum Gasteiger partial charge on any atom is -0.478 e. The molecule has 0 fully saturated rings. The van der Waals surface area contributed by atoms with E-state index in [1.165, 1.54) is 12.1 Å². The summed E-state index contributed by atoms with van der Waals surface area (Å²) in [6.07, 6.45) is 0. The lowest BCUT2D eigenvalue weighted by Crippen LogP contribution is -2.22. The van der Waals surface area contributed by atoms with Crippen LogP contribution in [0.3, 0.4) is 0 Å². The summed E-state index contributed by atoms with van der Waals surface area (Å²) >= 11 is 0. The van der Waals surface area contributed by atoms with E-state index in [4.69, 9.17) is 9.52 Å². The van der Waals surface area contributed by atoms with E-state index in [1.54, 1.807) is 25.1 Å². The SMILES string of the molecule is Cc1oc(CN(C)C(C)c2ccccc2F)cc1C(=O)O. The lowest BCUT2D eigenvalue weighted by atomic mass is 10.1. The van der Waals surface area contributed by atoms with Crippen molar-refractivity contribution in [3.8, 4) is 0 Å². The zero-order valence-corrected chi connectivity index (χ0v) is 12.3. The second-order valence-corrected chi connectivity index (χ2v) is 5.10. The number of carboxylic acids is 1. The van der Waals surface area contributed by atoms with Gasteiger partial charge in [-0.25, -0.2) is 9.18 Å². The van der Waals surface area contributed by atoms with Crippen molar-refractivity contribution >= 4 is 5.97 Å². The summed E-state index contributed by atoms with van der Waals surface area (Å²) in [5.41, 5.74) is 0.763. The molecule has 0 spiro atoms. The van der Waals surface area contributed by atoms with Gasteiger partial charge in [0.2, 0.25) is 0 Å². The fraction of sp³-hybridized carbons (Fsp3) is 0.312. The molecule has 21 heavy (non-hydrogen) atoms.